The van der Waals surface area contributed by atoms with Gasteiger partial charge in [0.1, 0.15) is 5.78 Å². The molecule has 3 atom stereocenters. The van der Waals surface area contributed by atoms with Gasteiger partial charge in [0.2, 0.25) is 0 Å². The van der Waals surface area contributed by atoms with Gasteiger partial charge < -0.3 is 14.7 Å². The number of methoxy groups -OCH3 is 1. The standard InChI is InChI=1S/C25H35NO3/c1-15(2)20-12-22(29-5)24(28)23(16(20)3)25-10-11-26(14-18-6-7-18)17(4)21(25)9-8-19(27)13-25/h12,17-18,21,28H,1,6-11,13-14H2,2-5H3/t17?,21?,25-/m1/s1. The summed E-state index contributed by atoms with van der Waals surface area (Å²) in [5.41, 5.74) is 3.65. The molecule has 0 amide bonds. The van der Waals surface area contributed by atoms with Gasteiger partial charge in [-0.05, 0) is 82.0 Å². The third-order valence-electron chi connectivity index (χ3n) is 7.85. The number of rotatable bonds is 5. The van der Waals surface area contributed by atoms with Crippen molar-refractivity contribution in [2.75, 3.05) is 20.2 Å². The molecule has 29 heavy (non-hydrogen) atoms. The van der Waals surface area contributed by atoms with E-state index in [-0.39, 0.29) is 11.2 Å². The molecular formula is C25H35NO3. The summed E-state index contributed by atoms with van der Waals surface area (Å²) in [4.78, 5) is 15.4. The highest BCUT2D eigenvalue weighted by Crippen LogP contribution is 2.56. The van der Waals surface area contributed by atoms with Gasteiger partial charge in [-0.15, -0.1) is 0 Å². The third-order valence-corrected chi connectivity index (χ3v) is 7.85. The number of benzene rings is 1. The molecule has 1 heterocycles. The van der Waals surface area contributed by atoms with Gasteiger partial charge in [-0.25, -0.2) is 0 Å². The zero-order valence-electron chi connectivity index (χ0n) is 18.4. The maximum Gasteiger partial charge on any atom is 0.161 e. The number of carbonyl (C=O) groups is 1. The van der Waals surface area contributed by atoms with E-state index in [1.165, 1.54) is 19.4 Å². The van der Waals surface area contributed by atoms with Crippen LogP contribution in [0.1, 0.15) is 69.1 Å². The number of phenolic OH excluding ortho intramolecular Hbond substituents is 1. The van der Waals surface area contributed by atoms with Crippen molar-refractivity contribution >= 4 is 11.4 Å². The molecule has 1 aromatic rings. The molecule has 1 aliphatic heterocycles. The Labute approximate surface area is 174 Å². The van der Waals surface area contributed by atoms with Crippen molar-refractivity contribution in [2.24, 2.45) is 11.8 Å². The molecule has 3 aliphatic rings. The normalized spacial score (nSPS) is 30.1. The first-order valence-electron chi connectivity index (χ1n) is 11.1. The van der Waals surface area contributed by atoms with Gasteiger partial charge in [-0.3, -0.25) is 4.79 Å². The molecule has 1 aromatic carbocycles. The van der Waals surface area contributed by atoms with Crippen molar-refractivity contribution in [1.29, 1.82) is 0 Å². The maximum absolute atomic E-state index is 12.7. The van der Waals surface area contributed by atoms with Crippen LogP contribution in [-0.4, -0.2) is 42.0 Å². The number of fused-ring (bicyclic) bond motifs is 1. The van der Waals surface area contributed by atoms with E-state index in [2.05, 4.69) is 25.3 Å². The summed E-state index contributed by atoms with van der Waals surface area (Å²) in [6.07, 6.45) is 5.71. The number of carbonyl (C=O) groups excluding carboxylic acids is 1. The predicted octanol–water partition coefficient (Wildman–Crippen LogP) is 4.85. The first-order chi connectivity index (χ1) is 13.8. The summed E-state index contributed by atoms with van der Waals surface area (Å²) in [6, 6.07) is 2.30. The van der Waals surface area contributed by atoms with Gasteiger partial charge in [0.05, 0.1) is 7.11 Å². The first-order valence-corrected chi connectivity index (χ1v) is 11.1. The minimum Gasteiger partial charge on any atom is -0.504 e. The van der Waals surface area contributed by atoms with E-state index in [0.29, 0.717) is 36.3 Å². The van der Waals surface area contributed by atoms with E-state index in [4.69, 9.17) is 4.74 Å². The third kappa shape index (κ3) is 3.39. The molecule has 4 heteroatoms. The highest BCUT2D eigenvalue weighted by molar-refractivity contribution is 5.82. The maximum atomic E-state index is 12.7. The van der Waals surface area contributed by atoms with Crippen LogP contribution in [-0.2, 0) is 10.2 Å². The number of hydrogen-bond donors (Lipinski definition) is 1. The fraction of sp³-hybridized carbons (Fsp3) is 0.640. The fourth-order valence-corrected chi connectivity index (χ4v) is 6.18. The Morgan fingerprint density at radius 1 is 1.38 bits per heavy atom. The van der Waals surface area contributed by atoms with Crippen molar-refractivity contribution in [1.82, 2.24) is 4.90 Å². The SMILES string of the molecule is C=C(C)c1cc(OC)c(O)c([C@@]23CCN(CC4CC4)C(C)C2CCC(=O)C3)c1C. The van der Waals surface area contributed by atoms with Gasteiger partial charge in [0, 0.05) is 36.4 Å². The van der Waals surface area contributed by atoms with E-state index in [1.807, 2.05) is 13.0 Å². The molecule has 1 saturated heterocycles. The van der Waals surface area contributed by atoms with Crippen molar-refractivity contribution < 1.29 is 14.6 Å². The van der Waals surface area contributed by atoms with Crippen molar-refractivity contribution in [3.05, 3.63) is 29.3 Å². The van der Waals surface area contributed by atoms with E-state index in [9.17, 15) is 9.90 Å². The number of likely N-dealkylation sites (tertiary alicyclic amines) is 1. The molecule has 0 radical (unpaired) electrons. The average molecular weight is 398 g/mol. The van der Waals surface area contributed by atoms with Gasteiger partial charge in [-0.1, -0.05) is 12.2 Å². The second-order valence-electron chi connectivity index (χ2n) is 9.70. The molecule has 4 rings (SSSR count). The molecule has 3 fully saturated rings. The molecule has 2 unspecified atom stereocenters. The summed E-state index contributed by atoms with van der Waals surface area (Å²) in [6.45, 7) is 12.7. The molecule has 158 valence electrons. The number of ketones is 1. The number of ether oxygens (including phenoxy) is 1. The molecule has 1 N–H and O–H groups in total. The highest BCUT2D eigenvalue weighted by atomic mass is 16.5. The molecule has 2 aliphatic carbocycles. The zero-order valence-corrected chi connectivity index (χ0v) is 18.4. The predicted molar refractivity (Wildman–Crippen MR) is 117 cm³/mol. The van der Waals surface area contributed by atoms with E-state index in [1.54, 1.807) is 7.11 Å². The zero-order chi connectivity index (χ0) is 20.9. The van der Waals surface area contributed by atoms with Gasteiger partial charge in [0.15, 0.2) is 11.5 Å². The first kappa shape index (κ1) is 20.5. The largest absolute Gasteiger partial charge is 0.504 e. The molecular weight excluding hydrogens is 362 g/mol. The smallest absolute Gasteiger partial charge is 0.161 e. The van der Waals surface area contributed by atoms with Crippen LogP contribution < -0.4 is 4.74 Å². The van der Waals surface area contributed by atoms with Crippen LogP contribution in [0, 0.1) is 18.8 Å². The second-order valence-corrected chi connectivity index (χ2v) is 9.70. The topological polar surface area (TPSA) is 49.8 Å². The Kier molecular flexibility index (Phi) is 5.27. The Morgan fingerprint density at radius 3 is 2.72 bits per heavy atom. The average Bonchev–Trinajstić information content (AvgIpc) is 3.48. The van der Waals surface area contributed by atoms with Crippen molar-refractivity contribution in [3.8, 4) is 11.5 Å². The monoisotopic (exact) mass is 397 g/mol. The highest BCUT2D eigenvalue weighted by Gasteiger charge is 2.53. The van der Waals surface area contributed by atoms with Crippen molar-refractivity contribution in [3.63, 3.8) is 0 Å². The summed E-state index contributed by atoms with van der Waals surface area (Å²) in [5, 5.41) is 11.3. The number of Topliss-reactive ketones (excluding diaryl/α,β-unsaturated/α-hetero) is 1. The van der Waals surface area contributed by atoms with Crippen LogP contribution in [0.5, 0.6) is 11.5 Å². The Bertz CT molecular complexity index is 841. The molecule has 0 aromatic heterocycles. The lowest BCUT2D eigenvalue weighted by Gasteiger charge is -2.55. The summed E-state index contributed by atoms with van der Waals surface area (Å²) < 4.78 is 5.55. The lowest BCUT2D eigenvalue weighted by Crippen LogP contribution is -2.58. The number of piperidine rings is 1. The number of nitrogens with zero attached hydrogens (tertiary/aromatic N) is 1. The minimum atomic E-state index is -0.318. The lowest BCUT2D eigenvalue weighted by atomic mass is 9.55. The summed E-state index contributed by atoms with van der Waals surface area (Å²) in [7, 11) is 1.60. The Morgan fingerprint density at radius 2 is 2.10 bits per heavy atom. The number of phenols is 1. The van der Waals surface area contributed by atoms with Crippen molar-refractivity contribution in [2.45, 2.75) is 70.8 Å². The van der Waals surface area contributed by atoms with Crippen LogP contribution in [0.4, 0.5) is 0 Å². The number of hydrogen-bond acceptors (Lipinski definition) is 4. The van der Waals surface area contributed by atoms with E-state index < -0.39 is 0 Å². The van der Waals surface area contributed by atoms with E-state index in [0.717, 1.165) is 47.6 Å². The van der Waals surface area contributed by atoms with E-state index >= 15 is 0 Å². The number of allylic oxidation sites excluding steroid dienone is 1. The minimum absolute atomic E-state index is 0.220. The molecule has 4 nitrogen and oxygen atoms in total. The van der Waals surface area contributed by atoms with Crippen LogP contribution in [0.25, 0.3) is 5.57 Å². The van der Waals surface area contributed by atoms with Gasteiger partial charge in [0.25, 0.3) is 0 Å². The van der Waals surface area contributed by atoms with Crippen LogP contribution in [0.3, 0.4) is 0 Å². The fourth-order valence-electron chi connectivity index (χ4n) is 6.18. The molecule has 0 bridgehead atoms. The van der Waals surface area contributed by atoms with Crippen LogP contribution >= 0.6 is 0 Å². The molecule has 2 saturated carbocycles. The Balaban J connectivity index is 1.85. The van der Waals surface area contributed by atoms with Gasteiger partial charge in [-0.2, -0.15) is 0 Å². The Hall–Kier alpha value is -1.81. The summed E-state index contributed by atoms with van der Waals surface area (Å²) in [5.74, 6) is 2.25. The van der Waals surface area contributed by atoms with Crippen LogP contribution in [0.2, 0.25) is 0 Å². The second kappa shape index (κ2) is 7.46. The lowest BCUT2D eigenvalue weighted by molar-refractivity contribution is -0.126. The van der Waals surface area contributed by atoms with Gasteiger partial charge >= 0.3 is 0 Å². The summed E-state index contributed by atoms with van der Waals surface area (Å²) >= 11 is 0. The molecule has 0 spiro atoms. The number of aromatic hydroxyl groups is 1. The quantitative estimate of drug-likeness (QED) is 0.771. The van der Waals surface area contributed by atoms with Crippen LogP contribution in [0.15, 0.2) is 12.6 Å².